The molecule has 20 heavy (non-hydrogen) atoms. The molecule has 2 rings (SSSR count). The molecule has 106 valence electrons. The normalized spacial score (nSPS) is 11.1. The van der Waals surface area contributed by atoms with Crippen molar-refractivity contribution in [3.8, 4) is 11.4 Å². The molecule has 1 heterocycles. The summed E-state index contributed by atoms with van der Waals surface area (Å²) in [5.41, 5.74) is 7.77. The number of benzene rings is 1. The summed E-state index contributed by atoms with van der Waals surface area (Å²) in [6.07, 6.45) is 0.865. The van der Waals surface area contributed by atoms with E-state index in [1.54, 1.807) is 0 Å². The fourth-order valence-electron chi connectivity index (χ4n) is 1.82. The van der Waals surface area contributed by atoms with Gasteiger partial charge in [0.2, 0.25) is 0 Å². The summed E-state index contributed by atoms with van der Waals surface area (Å²) >= 11 is 11.9. The molecule has 0 bridgehead atoms. The molecule has 2 N–H and O–H groups in total. The van der Waals surface area contributed by atoms with Gasteiger partial charge in [0.25, 0.3) is 0 Å². The highest BCUT2D eigenvalue weighted by molar-refractivity contribution is 14.1. The van der Waals surface area contributed by atoms with Gasteiger partial charge in [-0.3, -0.25) is 0 Å². The molecule has 2 aromatic rings. The standard InChI is InChI=1S/C14H14BrClIN3/c1-7(2)5-11-12(17)13(18)20-14(19-11)9-6-8(15)3-4-10(9)16/h3-4,6-7H,5H2,1-2H3,(H2,18,19,20). The van der Waals surface area contributed by atoms with Crippen molar-refractivity contribution in [3.05, 3.63) is 37.0 Å². The van der Waals surface area contributed by atoms with Crippen molar-refractivity contribution in [3.63, 3.8) is 0 Å². The maximum Gasteiger partial charge on any atom is 0.163 e. The molecule has 1 aromatic carbocycles. The molecular weight excluding hydrogens is 452 g/mol. The van der Waals surface area contributed by atoms with Crippen LogP contribution in [-0.4, -0.2) is 9.97 Å². The first kappa shape index (κ1) is 16.0. The van der Waals surface area contributed by atoms with Crippen molar-refractivity contribution in [1.82, 2.24) is 9.97 Å². The monoisotopic (exact) mass is 465 g/mol. The van der Waals surface area contributed by atoms with Crippen LogP contribution in [0.3, 0.4) is 0 Å². The zero-order valence-electron chi connectivity index (χ0n) is 11.1. The predicted octanol–water partition coefficient (Wildman–Crippen LogP) is 4.94. The van der Waals surface area contributed by atoms with Gasteiger partial charge >= 0.3 is 0 Å². The number of nitrogens with zero attached hydrogens (tertiary/aromatic N) is 2. The number of rotatable bonds is 3. The fraction of sp³-hybridized carbons (Fsp3) is 0.286. The van der Waals surface area contributed by atoms with Crippen LogP contribution in [0.15, 0.2) is 22.7 Å². The summed E-state index contributed by atoms with van der Waals surface area (Å²) in [5, 5.41) is 0.615. The topological polar surface area (TPSA) is 51.8 Å². The molecular formula is C14H14BrClIN3. The van der Waals surface area contributed by atoms with Crippen LogP contribution in [-0.2, 0) is 6.42 Å². The van der Waals surface area contributed by atoms with Gasteiger partial charge in [-0.15, -0.1) is 0 Å². The summed E-state index contributed by atoms with van der Waals surface area (Å²) < 4.78 is 1.86. The molecule has 0 fully saturated rings. The average Bonchev–Trinajstić information content (AvgIpc) is 2.37. The zero-order valence-corrected chi connectivity index (χ0v) is 15.6. The maximum absolute atomic E-state index is 6.24. The summed E-state index contributed by atoms with van der Waals surface area (Å²) in [5.74, 6) is 1.58. The number of hydrogen-bond donors (Lipinski definition) is 1. The van der Waals surface area contributed by atoms with E-state index in [1.165, 1.54) is 0 Å². The number of anilines is 1. The molecule has 0 saturated heterocycles. The SMILES string of the molecule is CC(C)Cc1nc(-c2cc(Br)ccc2Cl)nc(N)c1I. The fourth-order valence-corrected chi connectivity index (χ4v) is 2.85. The summed E-state index contributed by atoms with van der Waals surface area (Å²) in [7, 11) is 0. The Morgan fingerprint density at radius 3 is 2.70 bits per heavy atom. The highest BCUT2D eigenvalue weighted by atomic mass is 127. The predicted molar refractivity (Wildman–Crippen MR) is 95.8 cm³/mol. The number of hydrogen-bond acceptors (Lipinski definition) is 3. The number of halogens is 3. The summed E-state index contributed by atoms with van der Waals surface area (Å²) in [6, 6.07) is 5.61. The Hall–Kier alpha value is -0.400. The Bertz CT molecular complexity index is 647. The molecule has 0 saturated carbocycles. The first-order valence-corrected chi connectivity index (χ1v) is 8.40. The molecule has 0 unspecified atom stereocenters. The van der Waals surface area contributed by atoms with Crippen LogP contribution >= 0.6 is 50.1 Å². The van der Waals surface area contributed by atoms with E-state index in [1.807, 2.05) is 18.2 Å². The lowest BCUT2D eigenvalue weighted by molar-refractivity contribution is 0.632. The first-order chi connectivity index (χ1) is 9.38. The van der Waals surface area contributed by atoms with E-state index in [2.05, 4.69) is 62.3 Å². The van der Waals surface area contributed by atoms with E-state index in [-0.39, 0.29) is 0 Å². The second-order valence-corrected chi connectivity index (χ2v) is 7.32. The Kier molecular flexibility index (Phi) is 5.25. The minimum atomic E-state index is 0.502. The van der Waals surface area contributed by atoms with E-state index < -0.39 is 0 Å². The quantitative estimate of drug-likeness (QED) is 0.652. The van der Waals surface area contributed by atoms with Crippen LogP contribution in [0.4, 0.5) is 5.82 Å². The zero-order chi connectivity index (χ0) is 14.9. The third kappa shape index (κ3) is 3.62. The van der Waals surface area contributed by atoms with Crippen molar-refractivity contribution in [1.29, 1.82) is 0 Å². The highest BCUT2D eigenvalue weighted by Gasteiger charge is 2.14. The maximum atomic E-state index is 6.24. The largest absolute Gasteiger partial charge is 0.383 e. The van der Waals surface area contributed by atoms with Crippen molar-refractivity contribution in [2.45, 2.75) is 20.3 Å². The van der Waals surface area contributed by atoms with Gasteiger partial charge in [0.05, 0.1) is 14.3 Å². The lowest BCUT2D eigenvalue weighted by Crippen LogP contribution is -2.07. The first-order valence-electron chi connectivity index (χ1n) is 6.15. The summed E-state index contributed by atoms with van der Waals surface area (Å²) in [6.45, 7) is 4.31. The molecule has 0 aliphatic heterocycles. The van der Waals surface area contributed by atoms with Gasteiger partial charge in [-0.25, -0.2) is 9.97 Å². The Morgan fingerprint density at radius 1 is 1.35 bits per heavy atom. The van der Waals surface area contributed by atoms with Gasteiger partial charge in [0.1, 0.15) is 5.82 Å². The number of nitrogen functional groups attached to an aromatic ring is 1. The molecule has 0 aliphatic rings. The van der Waals surface area contributed by atoms with Gasteiger partial charge in [-0.1, -0.05) is 41.4 Å². The van der Waals surface area contributed by atoms with Crippen LogP contribution in [0.5, 0.6) is 0 Å². The third-order valence-electron chi connectivity index (χ3n) is 2.72. The second kappa shape index (κ2) is 6.58. The molecule has 1 aromatic heterocycles. The number of nitrogens with two attached hydrogens (primary N) is 1. The van der Waals surface area contributed by atoms with Crippen molar-refractivity contribution < 1.29 is 0 Å². The van der Waals surface area contributed by atoms with Gasteiger partial charge in [-0.2, -0.15) is 0 Å². The van der Waals surface area contributed by atoms with E-state index in [4.69, 9.17) is 17.3 Å². The van der Waals surface area contributed by atoms with Crippen LogP contribution in [0.25, 0.3) is 11.4 Å². The molecule has 0 atom stereocenters. The molecule has 0 radical (unpaired) electrons. The van der Waals surface area contributed by atoms with E-state index in [9.17, 15) is 0 Å². The van der Waals surface area contributed by atoms with Crippen molar-refractivity contribution in [2.75, 3.05) is 5.73 Å². The lowest BCUT2D eigenvalue weighted by atomic mass is 10.1. The van der Waals surface area contributed by atoms with E-state index in [0.717, 1.165) is 25.7 Å². The average molecular weight is 467 g/mol. The third-order valence-corrected chi connectivity index (χ3v) is 4.71. The molecule has 0 aliphatic carbocycles. The van der Waals surface area contributed by atoms with Crippen molar-refractivity contribution >= 4 is 55.9 Å². The van der Waals surface area contributed by atoms with Gasteiger partial charge in [-0.05, 0) is 53.1 Å². The van der Waals surface area contributed by atoms with E-state index >= 15 is 0 Å². The van der Waals surface area contributed by atoms with Crippen molar-refractivity contribution in [2.24, 2.45) is 5.92 Å². The molecule has 0 spiro atoms. The molecule has 0 amide bonds. The lowest BCUT2D eigenvalue weighted by Gasteiger charge is -2.11. The van der Waals surface area contributed by atoms with Crippen LogP contribution in [0, 0.1) is 9.49 Å². The van der Waals surface area contributed by atoms with Gasteiger partial charge in [0.15, 0.2) is 5.82 Å². The highest BCUT2D eigenvalue weighted by Crippen LogP contribution is 2.30. The second-order valence-electron chi connectivity index (χ2n) is 4.92. The molecule has 6 heteroatoms. The van der Waals surface area contributed by atoms with Crippen LogP contribution < -0.4 is 5.73 Å². The van der Waals surface area contributed by atoms with Gasteiger partial charge in [0, 0.05) is 10.0 Å². The number of aromatic nitrogens is 2. The summed E-state index contributed by atoms with van der Waals surface area (Å²) in [4.78, 5) is 9.01. The van der Waals surface area contributed by atoms with Crippen LogP contribution in [0.1, 0.15) is 19.5 Å². The Balaban J connectivity index is 2.57. The van der Waals surface area contributed by atoms with Gasteiger partial charge < -0.3 is 5.73 Å². The Labute approximate surface area is 145 Å². The minimum Gasteiger partial charge on any atom is -0.383 e. The van der Waals surface area contributed by atoms with E-state index in [0.29, 0.717) is 22.6 Å². The smallest absolute Gasteiger partial charge is 0.163 e. The Morgan fingerprint density at radius 2 is 2.05 bits per heavy atom. The minimum absolute atomic E-state index is 0.502. The van der Waals surface area contributed by atoms with Crippen LogP contribution in [0.2, 0.25) is 5.02 Å². The molecule has 3 nitrogen and oxygen atoms in total.